The molecule has 1 aliphatic carbocycles. The van der Waals surface area contributed by atoms with Crippen LogP contribution < -0.4 is 0 Å². The maximum Gasteiger partial charge on any atom is 0.472 e. The number of unbranched alkanes of at least 4 members (excludes halogenated alkanes) is 7. The molecule has 0 heterocycles. The SMILES string of the molecule is CC/C=C\C/C=C\C/C=C\C/C=C\CCCCCCC(=O)OC(COC(=O)CCCCCC)COP(=O)(O)OC1C(O)C(O)C(O)C(O)C1O. The molecule has 0 aromatic rings. The van der Waals surface area contributed by atoms with E-state index < -0.39 is 75.7 Å². The summed E-state index contributed by atoms with van der Waals surface area (Å²) in [7, 11) is -5.10. The molecule has 1 fully saturated rings. The Kier molecular flexibility index (Phi) is 25.2. The number of phosphoric ester groups is 1. The molecule has 0 aliphatic heterocycles. The highest BCUT2D eigenvalue weighted by Gasteiger charge is 2.51. The Hall–Kier alpha value is -2.19. The number of rotatable bonds is 27. The normalized spacial score (nSPS) is 24.7. The van der Waals surface area contributed by atoms with Crippen molar-refractivity contribution in [2.75, 3.05) is 13.2 Å². The molecule has 13 nitrogen and oxygen atoms in total. The molecule has 14 heteroatoms. The number of esters is 2. The van der Waals surface area contributed by atoms with Crippen LogP contribution in [0.5, 0.6) is 0 Å². The van der Waals surface area contributed by atoms with Crippen LogP contribution in [-0.4, -0.2) is 98.3 Å². The first-order chi connectivity index (χ1) is 23.9. The molecule has 0 spiro atoms. The number of carbonyl (C=O) groups excluding carboxylic acids is 2. The molecule has 0 radical (unpaired) electrons. The molecule has 6 unspecified atom stereocenters. The van der Waals surface area contributed by atoms with Crippen molar-refractivity contribution in [3.05, 3.63) is 48.6 Å². The lowest BCUT2D eigenvalue weighted by Gasteiger charge is -2.41. The topological polar surface area (TPSA) is 210 Å². The van der Waals surface area contributed by atoms with Gasteiger partial charge in [0.2, 0.25) is 0 Å². The van der Waals surface area contributed by atoms with Crippen LogP contribution in [0.2, 0.25) is 0 Å². The highest BCUT2D eigenvalue weighted by molar-refractivity contribution is 7.47. The summed E-state index contributed by atoms with van der Waals surface area (Å²) in [5.74, 6) is -1.16. The zero-order valence-electron chi connectivity index (χ0n) is 29.7. The molecule has 0 aromatic heterocycles. The summed E-state index contributed by atoms with van der Waals surface area (Å²) in [6, 6.07) is 0. The molecule has 1 aliphatic rings. The first-order valence-electron chi connectivity index (χ1n) is 17.9. The molecule has 288 valence electrons. The van der Waals surface area contributed by atoms with Gasteiger partial charge in [-0.05, 0) is 51.4 Å². The van der Waals surface area contributed by atoms with E-state index in [4.69, 9.17) is 18.5 Å². The van der Waals surface area contributed by atoms with Crippen LogP contribution in [0, 0.1) is 0 Å². The fourth-order valence-corrected chi connectivity index (χ4v) is 5.95. The van der Waals surface area contributed by atoms with Gasteiger partial charge in [-0.2, -0.15) is 0 Å². The number of ether oxygens (including phenoxy) is 2. The Bertz CT molecular complexity index is 1080. The Morgan fingerprint density at radius 3 is 1.72 bits per heavy atom. The lowest BCUT2D eigenvalue weighted by Crippen LogP contribution is -2.64. The van der Waals surface area contributed by atoms with Crippen LogP contribution in [0.1, 0.15) is 110 Å². The number of hydrogen-bond acceptors (Lipinski definition) is 12. The van der Waals surface area contributed by atoms with Gasteiger partial charge in [0.25, 0.3) is 0 Å². The zero-order valence-corrected chi connectivity index (χ0v) is 30.6. The van der Waals surface area contributed by atoms with E-state index in [0.29, 0.717) is 12.8 Å². The predicted molar refractivity (Wildman–Crippen MR) is 189 cm³/mol. The number of hydrogen-bond donors (Lipinski definition) is 6. The van der Waals surface area contributed by atoms with Crippen LogP contribution in [0.25, 0.3) is 0 Å². The van der Waals surface area contributed by atoms with Gasteiger partial charge < -0.3 is 39.9 Å². The predicted octanol–water partition coefficient (Wildman–Crippen LogP) is 4.88. The molecule has 0 aromatic carbocycles. The number of aliphatic hydroxyl groups is 5. The Labute approximate surface area is 297 Å². The summed E-state index contributed by atoms with van der Waals surface area (Å²) in [5.41, 5.74) is 0. The average Bonchev–Trinajstić information content (AvgIpc) is 3.09. The molecule has 0 bridgehead atoms. The molecule has 1 rings (SSSR count). The van der Waals surface area contributed by atoms with Crippen molar-refractivity contribution in [2.45, 2.75) is 153 Å². The smallest absolute Gasteiger partial charge is 0.462 e. The maximum absolute atomic E-state index is 12.6. The first-order valence-corrected chi connectivity index (χ1v) is 19.4. The second-order valence-electron chi connectivity index (χ2n) is 12.3. The molecule has 0 saturated heterocycles. The summed E-state index contributed by atoms with van der Waals surface area (Å²) in [6.45, 7) is 2.96. The van der Waals surface area contributed by atoms with Crippen LogP contribution in [-0.2, 0) is 32.7 Å². The van der Waals surface area contributed by atoms with E-state index in [9.17, 15) is 44.6 Å². The van der Waals surface area contributed by atoms with Gasteiger partial charge in [-0.1, -0.05) is 94.6 Å². The van der Waals surface area contributed by atoms with Gasteiger partial charge in [0.1, 0.15) is 43.2 Å². The van der Waals surface area contributed by atoms with Crippen LogP contribution >= 0.6 is 7.82 Å². The van der Waals surface area contributed by atoms with Gasteiger partial charge >= 0.3 is 19.8 Å². The third-order valence-corrected chi connectivity index (χ3v) is 8.92. The third kappa shape index (κ3) is 20.6. The second kappa shape index (κ2) is 27.5. The van der Waals surface area contributed by atoms with E-state index in [-0.39, 0.29) is 12.8 Å². The Morgan fingerprint density at radius 2 is 1.14 bits per heavy atom. The van der Waals surface area contributed by atoms with Crippen LogP contribution in [0.15, 0.2) is 48.6 Å². The molecule has 0 amide bonds. The summed E-state index contributed by atoms with van der Waals surface area (Å²) >= 11 is 0. The molecule has 50 heavy (non-hydrogen) atoms. The number of allylic oxidation sites excluding steroid dienone is 8. The molecular weight excluding hydrogens is 671 g/mol. The van der Waals surface area contributed by atoms with E-state index in [2.05, 4.69) is 55.5 Å². The minimum Gasteiger partial charge on any atom is -0.462 e. The monoisotopic (exact) mass is 732 g/mol. The summed E-state index contributed by atoms with van der Waals surface area (Å²) in [5, 5.41) is 49.7. The van der Waals surface area contributed by atoms with Crippen LogP contribution in [0.4, 0.5) is 0 Å². The Balaban J connectivity index is 2.50. The minimum absolute atomic E-state index is 0.0667. The van der Waals surface area contributed by atoms with E-state index >= 15 is 0 Å². The van der Waals surface area contributed by atoms with Gasteiger partial charge in [0.05, 0.1) is 6.61 Å². The highest BCUT2D eigenvalue weighted by atomic mass is 31.2. The van der Waals surface area contributed by atoms with Crippen molar-refractivity contribution in [1.82, 2.24) is 0 Å². The van der Waals surface area contributed by atoms with Crippen molar-refractivity contribution in [2.24, 2.45) is 0 Å². The maximum atomic E-state index is 12.6. The van der Waals surface area contributed by atoms with E-state index in [0.717, 1.165) is 70.6 Å². The second-order valence-corrected chi connectivity index (χ2v) is 13.8. The zero-order chi connectivity index (χ0) is 37.2. The van der Waals surface area contributed by atoms with Gasteiger partial charge in [-0.3, -0.25) is 18.6 Å². The number of aliphatic hydroxyl groups excluding tert-OH is 5. The fraction of sp³-hybridized carbons (Fsp3) is 0.722. The quantitative estimate of drug-likeness (QED) is 0.0288. The van der Waals surface area contributed by atoms with Crippen molar-refractivity contribution in [3.8, 4) is 0 Å². The molecule has 1 saturated carbocycles. The third-order valence-electron chi connectivity index (χ3n) is 7.93. The minimum atomic E-state index is -5.10. The summed E-state index contributed by atoms with van der Waals surface area (Å²) in [6.07, 6.45) is 15.6. The molecule has 6 N–H and O–H groups in total. The van der Waals surface area contributed by atoms with E-state index in [1.807, 2.05) is 6.92 Å². The molecular formula is C36H61O13P. The fourth-order valence-electron chi connectivity index (χ4n) is 4.98. The van der Waals surface area contributed by atoms with Crippen molar-refractivity contribution >= 4 is 19.8 Å². The summed E-state index contributed by atoms with van der Waals surface area (Å²) < 4.78 is 33.0. The standard InChI is InChI=1S/C36H61O13P/c1-3-5-7-9-10-11-12-13-14-15-16-17-18-19-20-21-23-25-30(38)48-28(26-46-29(37)24-22-8-6-4-2)27-47-50(44,45)49-36-34(42)32(40)31(39)33(41)35(36)43/h5,7,10-11,13-14,16-17,28,31-36,39-43H,3-4,6,8-9,12,15,18-27H2,1-2H3,(H,44,45)/b7-5-,11-10-,14-13-,17-16-. The van der Waals surface area contributed by atoms with Gasteiger partial charge in [-0.25, -0.2) is 4.57 Å². The van der Waals surface area contributed by atoms with Crippen molar-refractivity contribution in [1.29, 1.82) is 0 Å². The van der Waals surface area contributed by atoms with Gasteiger partial charge in [0.15, 0.2) is 6.10 Å². The largest absolute Gasteiger partial charge is 0.472 e. The van der Waals surface area contributed by atoms with Crippen molar-refractivity contribution < 1.29 is 63.1 Å². The lowest BCUT2D eigenvalue weighted by molar-refractivity contribution is -0.220. The Morgan fingerprint density at radius 1 is 0.640 bits per heavy atom. The first kappa shape index (κ1) is 45.8. The lowest BCUT2D eigenvalue weighted by atomic mass is 9.85. The van der Waals surface area contributed by atoms with Gasteiger partial charge in [-0.15, -0.1) is 0 Å². The van der Waals surface area contributed by atoms with Crippen LogP contribution in [0.3, 0.4) is 0 Å². The van der Waals surface area contributed by atoms with Crippen molar-refractivity contribution in [3.63, 3.8) is 0 Å². The number of carbonyl (C=O) groups is 2. The molecule has 6 atom stereocenters. The average molecular weight is 733 g/mol. The van der Waals surface area contributed by atoms with E-state index in [1.165, 1.54) is 0 Å². The summed E-state index contributed by atoms with van der Waals surface area (Å²) in [4.78, 5) is 35.0. The number of phosphoric acid groups is 1. The highest BCUT2D eigenvalue weighted by Crippen LogP contribution is 2.47. The van der Waals surface area contributed by atoms with Gasteiger partial charge in [0, 0.05) is 12.8 Å². The van der Waals surface area contributed by atoms with E-state index in [1.54, 1.807) is 0 Å².